The van der Waals surface area contributed by atoms with Crippen molar-refractivity contribution in [2.24, 2.45) is 11.8 Å². The second kappa shape index (κ2) is 8.71. The maximum absolute atomic E-state index is 13.0. The van der Waals surface area contributed by atoms with Gasteiger partial charge in [-0.3, -0.25) is 4.79 Å². The number of fused-ring (bicyclic) bond motifs is 1. The molecule has 134 valence electrons. The standard InChI is InChI=1S/C21H29N3O/c1-16(2)13-23(14-17(3)4)15-19(12-22)21(25)24-11-7-9-18-8-5-6-10-20(18)24/h5-6,8,10,15-17H,7,9,11,13-14H2,1-4H3/b19-15-. The van der Waals surface area contributed by atoms with Gasteiger partial charge in [0.1, 0.15) is 11.6 Å². The van der Waals surface area contributed by atoms with Crippen LogP contribution in [0.25, 0.3) is 0 Å². The Balaban J connectivity index is 2.27. The van der Waals surface area contributed by atoms with Gasteiger partial charge in [0.05, 0.1) is 0 Å². The number of hydrogen-bond donors (Lipinski definition) is 0. The molecule has 0 radical (unpaired) electrons. The number of anilines is 1. The summed E-state index contributed by atoms with van der Waals surface area (Å²) in [6, 6.07) is 10.1. The summed E-state index contributed by atoms with van der Waals surface area (Å²) >= 11 is 0. The Morgan fingerprint density at radius 2 is 1.88 bits per heavy atom. The van der Waals surface area contributed by atoms with E-state index in [-0.39, 0.29) is 11.5 Å². The first-order chi connectivity index (χ1) is 11.9. The topological polar surface area (TPSA) is 47.3 Å². The summed E-state index contributed by atoms with van der Waals surface area (Å²) < 4.78 is 0. The molecule has 0 bridgehead atoms. The molecular weight excluding hydrogens is 310 g/mol. The largest absolute Gasteiger partial charge is 0.376 e. The first-order valence-electron chi connectivity index (χ1n) is 9.18. The summed E-state index contributed by atoms with van der Waals surface area (Å²) in [5.74, 6) is 0.758. The molecule has 0 aromatic heterocycles. The molecule has 0 saturated carbocycles. The minimum absolute atomic E-state index is 0.188. The molecule has 1 aromatic rings. The number of carbonyl (C=O) groups is 1. The highest BCUT2D eigenvalue weighted by molar-refractivity contribution is 6.08. The van der Waals surface area contributed by atoms with E-state index >= 15 is 0 Å². The lowest BCUT2D eigenvalue weighted by molar-refractivity contribution is -0.114. The quantitative estimate of drug-likeness (QED) is 0.581. The summed E-state index contributed by atoms with van der Waals surface area (Å²) in [6.07, 6.45) is 3.68. The molecule has 1 aliphatic heterocycles. The van der Waals surface area contributed by atoms with E-state index in [1.54, 1.807) is 11.1 Å². The van der Waals surface area contributed by atoms with E-state index in [1.807, 2.05) is 18.2 Å². The number of nitrogens with zero attached hydrogens (tertiary/aromatic N) is 3. The van der Waals surface area contributed by atoms with Crippen molar-refractivity contribution in [1.29, 1.82) is 5.26 Å². The summed E-state index contributed by atoms with van der Waals surface area (Å²) in [7, 11) is 0. The van der Waals surface area contributed by atoms with Gasteiger partial charge in [0.25, 0.3) is 5.91 Å². The molecule has 1 heterocycles. The Labute approximate surface area is 151 Å². The number of carbonyl (C=O) groups excluding carboxylic acids is 1. The lowest BCUT2D eigenvalue weighted by Gasteiger charge is -2.30. The SMILES string of the molecule is CC(C)CN(/C=C(/C#N)C(=O)N1CCCc2ccccc21)CC(C)C. The second-order valence-corrected chi connectivity index (χ2v) is 7.59. The number of aryl methyl sites for hydroxylation is 1. The van der Waals surface area contributed by atoms with Gasteiger partial charge in [-0.25, -0.2) is 0 Å². The molecule has 1 amide bonds. The molecule has 0 spiro atoms. The van der Waals surface area contributed by atoms with E-state index in [1.165, 1.54) is 5.56 Å². The third-order valence-corrected chi connectivity index (χ3v) is 4.22. The highest BCUT2D eigenvalue weighted by Crippen LogP contribution is 2.28. The molecule has 25 heavy (non-hydrogen) atoms. The minimum atomic E-state index is -0.188. The summed E-state index contributed by atoms with van der Waals surface area (Å²) in [5, 5.41) is 9.60. The molecule has 0 saturated heterocycles. The first kappa shape index (κ1) is 19.1. The van der Waals surface area contributed by atoms with Crippen molar-refractivity contribution in [2.45, 2.75) is 40.5 Å². The Kier molecular flexibility index (Phi) is 6.64. The zero-order chi connectivity index (χ0) is 18.4. The predicted octanol–water partition coefficient (Wildman–Crippen LogP) is 3.99. The van der Waals surface area contributed by atoms with Crippen LogP contribution in [0.15, 0.2) is 36.0 Å². The molecule has 4 heteroatoms. The maximum Gasteiger partial charge on any atom is 0.270 e. The fourth-order valence-electron chi connectivity index (χ4n) is 3.32. The fourth-order valence-corrected chi connectivity index (χ4v) is 3.32. The van der Waals surface area contributed by atoms with Gasteiger partial charge in [-0.15, -0.1) is 0 Å². The molecule has 1 aromatic carbocycles. The number of amides is 1. The van der Waals surface area contributed by atoms with E-state index in [9.17, 15) is 10.1 Å². The average molecular weight is 339 g/mol. The highest BCUT2D eigenvalue weighted by atomic mass is 16.2. The highest BCUT2D eigenvalue weighted by Gasteiger charge is 2.25. The van der Waals surface area contributed by atoms with Crippen LogP contribution in [0.5, 0.6) is 0 Å². The van der Waals surface area contributed by atoms with Crippen LogP contribution in [0, 0.1) is 23.2 Å². The molecular formula is C21H29N3O. The Bertz CT molecular complexity index is 660. The Hall–Kier alpha value is -2.28. The van der Waals surface area contributed by atoms with Gasteiger partial charge in [-0.2, -0.15) is 5.26 Å². The molecule has 4 nitrogen and oxygen atoms in total. The molecule has 2 rings (SSSR count). The monoisotopic (exact) mass is 339 g/mol. The van der Waals surface area contributed by atoms with Crippen LogP contribution in [0.3, 0.4) is 0 Å². The van der Waals surface area contributed by atoms with Gasteiger partial charge in [0, 0.05) is 31.5 Å². The normalized spacial score (nSPS) is 14.4. The van der Waals surface area contributed by atoms with Gasteiger partial charge in [-0.1, -0.05) is 45.9 Å². The van der Waals surface area contributed by atoms with Crippen molar-refractivity contribution in [1.82, 2.24) is 4.90 Å². The van der Waals surface area contributed by atoms with Crippen molar-refractivity contribution in [3.8, 4) is 6.07 Å². The average Bonchev–Trinajstić information content (AvgIpc) is 2.57. The number of para-hydroxylation sites is 1. The van der Waals surface area contributed by atoms with Gasteiger partial charge in [0.15, 0.2) is 0 Å². The van der Waals surface area contributed by atoms with Crippen LogP contribution in [0.4, 0.5) is 5.69 Å². The number of nitriles is 1. The fraction of sp³-hybridized carbons (Fsp3) is 0.524. The lowest BCUT2D eigenvalue weighted by Crippen LogP contribution is -2.37. The summed E-state index contributed by atoms with van der Waals surface area (Å²) in [5.41, 5.74) is 2.35. The van der Waals surface area contributed by atoms with Crippen molar-refractivity contribution in [3.63, 3.8) is 0 Å². The van der Waals surface area contributed by atoms with E-state index < -0.39 is 0 Å². The van der Waals surface area contributed by atoms with Crippen LogP contribution in [0.2, 0.25) is 0 Å². The maximum atomic E-state index is 13.0. The van der Waals surface area contributed by atoms with Gasteiger partial charge < -0.3 is 9.80 Å². The number of benzene rings is 1. The van der Waals surface area contributed by atoms with Gasteiger partial charge >= 0.3 is 0 Å². The van der Waals surface area contributed by atoms with Gasteiger partial charge in [0.2, 0.25) is 0 Å². The smallest absolute Gasteiger partial charge is 0.270 e. The molecule has 0 aliphatic carbocycles. The summed E-state index contributed by atoms with van der Waals surface area (Å²) in [4.78, 5) is 16.9. The predicted molar refractivity (Wildman–Crippen MR) is 102 cm³/mol. The van der Waals surface area contributed by atoms with E-state index in [4.69, 9.17) is 0 Å². The third kappa shape index (κ3) is 5.09. The van der Waals surface area contributed by atoms with E-state index in [0.29, 0.717) is 18.4 Å². The van der Waals surface area contributed by atoms with Crippen LogP contribution < -0.4 is 4.90 Å². The van der Waals surface area contributed by atoms with Crippen molar-refractivity contribution < 1.29 is 4.79 Å². The molecule has 0 unspecified atom stereocenters. The Morgan fingerprint density at radius 3 is 2.48 bits per heavy atom. The zero-order valence-electron chi connectivity index (χ0n) is 15.8. The van der Waals surface area contributed by atoms with Crippen LogP contribution in [-0.2, 0) is 11.2 Å². The van der Waals surface area contributed by atoms with Crippen molar-refractivity contribution in [2.75, 3.05) is 24.5 Å². The zero-order valence-corrected chi connectivity index (χ0v) is 15.8. The molecule has 0 N–H and O–H groups in total. The van der Waals surface area contributed by atoms with Crippen LogP contribution in [0.1, 0.15) is 39.7 Å². The minimum Gasteiger partial charge on any atom is -0.376 e. The number of hydrogen-bond acceptors (Lipinski definition) is 3. The molecule has 1 aliphatic rings. The molecule has 0 atom stereocenters. The Morgan fingerprint density at radius 1 is 1.24 bits per heavy atom. The van der Waals surface area contributed by atoms with Crippen molar-refractivity contribution >= 4 is 11.6 Å². The third-order valence-electron chi connectivity index (χ3n) is 4.22. The number of rotatable bonds is 6. The summed E-state index contributed by atoms with van der Waals surface area (Å²) in [6.45, 7) is 10.9. The van der Waals surface area contributed by atoms with E-state index in [0.717, 1.165) is 31.6 Å². The first-order valence-corrected chi connectivity index (χ1v) is 9.18. The van der Waals surface area contributed by atoms with Crippen LogP contribution in [-0.4, -0.2) is 30.4 Å². The second-order valence-electron chi connectivity index (χ2n) is 7.59. The van der Waals surface area contributed by atoms with Crippen LogP contribution >= 0.6 is 0 Å². The van der Waals surface area contributed by atoms with Crippen molar-refractivity contribution in [3.05, 3.63) is 41.6 Å². The van der Waals surface area contributed by atoms with E-state index in [2.05, 4.69) is 44.7 Å². The lowest BCUT2D eigenvalue weighted by atomic mass is 10.0. The molecule has 0 fully saturated rings. The van der Waals surface area contributed by atoms with Gasteiger partial charge in [-0.05, 0) is 36.3 Å².